The van der Waals surface area contributed by atoms with E-state index in [-0.39, 0.29) is 39.4 Å². The predicted molar refractivity (Wildman–Crippen MR) is 252 cm³/mol. The van der Waals surface area contributed by atoms with Crippen LogP contribution >= 0.6 is 23.5 Å². The molecule has 1 spiro atoms. The number of halogens is 1. The van der Waals surface area contributed by atoms with E-state index in [0.717, 1.165) is 80.8 Å². The second kappa shape index (κ2) is 18.1. The van der Waals surface area contributed by atoms with Gasteiger partial charge in [0.2, 0.25) is 0 Å². The minimum Gasteiger partial charge on any atom is -0.490 e. The van der Waals surface area contributed by atoms with Crippen molar-refractivity contribution in [3.05, 3.63) is 131 Å². The van der Waals surface area contributed by atoms with E-state index in [1.54, 1.807) is 7.11 Å². The van der Waals surface area contributed by atoms with Gasteiger partial charge in [0.05, 0.1) is 12.3 Å². The van der Waals surface area contributed by atoms with Gasteiger partial charge in [-0.15, -0.1) is 0 Å². The molecule has 2 aliphatic heterocycles. The summed E-state index contributed by atoms with van der Waals surface area (Å²) in [4.78, 5) is 29.9. The minimum atomic E-state index is -2.77. The summed E-state index contributed by atoms with van der Waals surface area (Å²) in [6.45, 7) is 11.6. The molecule has 4 aromatic rings. The lowest BCUT2D eigenvalue weighted by Gasteiger charge is -2.48. The van der Waals surface area contributed by atoms with E-state index in [9.17, 15) is 9.59 Å². The van der Waals surface area contributed by atoms with Gasteiger partial charge in [0.15, 0.2) is 6.29 Å². The number of amides is 1. The van der Waals surface area contributed by atoms with Crippen LogP contribution in [0, 0.1) is 17.8 Å². The van der Waals surface area contributed by atoms with Crippen molar-refractivity contribution in [3.8, 4) is 5.75 Å². The van der Waals surface area contributed by atoms with Gasteiger partial charge in [0.1, 0.15) is 11.4 Å². The Morgan fingerprint density at radius 3 is 2.39 bits per heavy atom. The predicted octanol–water partition coefficient (Wildman–Crippen LogP) is 9.73. The van der Waals surface area contributed by atoms with Crippen molar-refractivity contribution >= 4 is 60.1 Å². The van der Waals surface area contributed by atoms with Gasteiger partial charge >= 0.3 is 0 Å². The summed E-state index contributed by atoms with van der Waals surface area (Å²) in [5.74, 6) is 1.02. The molecule has 10 heteroatoms. The van der Waals surface area contributed by atoms with Gasteiger partial charge < -0.3 is 18.8 Å². The SMILES string of the molecule is CO[C@]1(C=O)/C=C/C[C@H](C)[C@@H](CCO[Si](c2ccccc2)(c2ccccc2)C(C)(C)C)SNC(=O)c2ccc3c(c2)N(C[C@@H]2CC[C@H]21)C[C@@]1(CCCc2cc(Cl)ccc21)CO3. The number of nitrogens with zero attached hydrogens (tertiary/aromatic N) is 1. The fraction of sp³-hybridized carbons (Fsp3) is 0.451. The van der Waals surface area contributed by atoms with Crippen LogP contribution in [0.1, 0.15) is 87.7 Å². The number of carbonyl (C=O) groups excluding carboxylic acids is 2. The molecule has 1 amide bonds. The number of aldehydes is 1. The molecule has 2 bridgehead atoms. The van der Waals surface area contributed by atoms with E-state index in [1.165, 1.54) is 33.4 Å². The Bertz CT molecular complexity index is 2180. The zero-order chi connectivity index (χ0) is 42.8. The van der Waals surface area contributed by atoms with E-state index in [1.807, 2.05) is 30.3 Å². The fourth-order valence-electron chi connectivity index (χ4n) is 10.8. The number of anilines is 1. The number of allylic oxidation sites excluding steroid dienone is 1. The molecule has 8 rings (SSSR count). The van der Waals surface area contributed by atoms with E-state index in [0.29, 0.717) is 18.8 Å². The third-order valence-corrected chi connectivity index (χ3v) is 20.8. The number of rotatable bonds is 8. The number of ether oxygens (including phenoxy) is 2. The molecule has 61 heavy (non-hydrogen) atoms. The Morgan fingerprint density at radius 1 is 1.00 bits per heavy atom. The molecule has 0 saturated heterocycles. The number of hydrogen-bond donors (Lipinski definition) is 1. The lowest BCUT2D eigenvalue weighted by atomic mass is 9.64. The molecule has 0 radical (unpaired) electrons. The van der Waals surface area contributed by atoms with Gasteiger partial charge in [-0.3, -0.25) is 14.3 Å². The minimum absolute atomic E-state index is 0.0183. The summed E-state index contributed by atoms with van der Waals surface area (Å²) in [5.41, 5.74) is 2.81. The summed E-state index contributed by atoms with van der Waals surface area (Å²) in [6, 6.07) is 33.6. The van der Waals surface area contributed by atoms with E-state index < -0.39 is 13.9 Å². The number of aryl methyl sites for hydroxylation is 1. The third-order valence-electron chi connectivity index (χ3n) is 14.3. The Kier molecular flexibility index (Phi) is 13.0. The number of nitrogens with one attached hydrogen (secondary N) is 1. The highest BCUT2D eigenvalue weighted by Crippen LogP contribution is 2.49. The normalized spacial score (nSPS) is 27.4. The Labute approximate surface area is 373 Å². The average Bonchev–Trinajstić information content (AvgIpc) is 3.40. The molecule has 4 aliphatic rings. The van der Waals surface area contributed by atoms with Crippen molar-refractivity contribution in [3.63, 3.8) is 0 Å². The summed E-state index contributed by atoms with van der Waals surface area (Å²) < 4.78 is 23.6. The highest BCUT2D eigenvalue weighted by molar-refractivity contribution is 7.98. The van der Waals surface area contributed by atoms with Crippen LogP contribution in [-0.2, 0) is 25.8 Å². The molecule has 7 nitrogen and oxygen atoms in total. The van der Waals surface area contributed by atoms with Gasteiger partial charge in [0, 0.05) is 54.0 Å². The van der Waals surface area contributed by atoms with Crippen LogP contribution in [0.4, 0.5) is 5.69 Å². The molecule has 322 valence electrons. The number of hydrogen-bond acceptors (Lipinski definition) is 7. The van der Waals surface area contributed by atoms with Gasteiger partial charge in [0.25, 0.3) is 14.2 Å². The molecule has 2 heterocycles. The molecule has 1 fully saturated rings. The van der Waals surface area contributed by atoms with Crippen LogP contribution < -0.4 is 24.7 Å². The van der Waals surface area contributed by atoms with Crippen molar-refractivity contribution in [2.45, 2.75) is 93.9 Å². The summed E-state index contributed by atoms with van der Waals surface area (Å²) in [6.07, 6.45) is 11.6. The van der Waals surface area contributed by atoms with Gasteiger partial charge in [-0.2, -0.15) is 0 Å². The van der Waals surface area contributed by atoms with Gasteiger partial charge in [-0.1, -0.05) is 112 Å². The van der Waals surface area contributed by atoms with Crippen LogP contribution in [0.3, 0.4) is 0 Å². The maximum atomic E-state index is 14.3. The second-order valence-corrected chi connectivity index (χ2v) is 24.7. The number of carbonyl (C=O) groups is 2. The molecule has 1 saturated carbocycles. The van der Waals surface area contributed by atoms with Gasteiger partial charge in [-0.05, 0) is 132 Å². The quantitative estimate of drug-likeness (QED) is 0.0818. The lowest BCUT2D eigenvalue weighted by molar-refractivity contribution is -0.135. The number of benzene rings is 4. The standard InChI is InChI=1S/C51H61ClN2O5SSi/c1-36-14-12-28-51(34-55,57-5)44-23-20-39(44)32-54-33-50(27-13-15-37-30-40(52)22-24-43(37)50)35-58-46-25-21-38(31-45(46)54)48(56)53-60-47(36)26-29-59-61(49(2,3)4,41-16-8-6-9-17-41)42-18-10-7-11-19-42/h6-12,16-19,21-22,24-25,28,30-31,34,36,39,44,47H,13-15,20,23,26-27,29,32-33,35H2,1-5H3,(H,53,56)/b28-12+/t36-,39-,44+,47+,50-,51-/m0/s1. The molecular formula is C51H61ClN2O5SSi. The highest BCUT2D eigenvalue weighted by Gasteiger charge is 2.51. The van der Waals surface area contributed by atoms with Crippen molar-refractivity contribution in [2.24, 2.45) is 17.8 Å². The van der Waals surface area contributed by atoms with E-state index in [2.05, 4.69) is 116 Å². The molecule has 2 aliphatic carbocycles. The van der Waals surface area contributed by atoms with Crippen LogP contribution in [0.25, 0.3) is 0 Å². The molecule has 0 aromatic heterocycles. The largest absolute Gasteiger partial charge is 0.490 e. The average molecular weight is 878 g/mol. The zero-order valence-corrected chi connectivity index (χ0v) is 38.9. The van der Waals surface area contributed by atoms with Gasteiger partial charge in [-0.25, -0.2) is 0 Å². The van der Waals surface area contributed by atoms with Crippen molar-refractivity contribution in [1.29, 1.82) is 0 Å². The fourth-order valence-corrected chi connectivity index (χ4v) is 16.5. The van der Waals surface area contributed by atoms with E-state index in [4.69, 9.17) is 25.5 Å². The molecular weight excluding hydrogens is 816 g/mol. The van der Waals surface area contributed by atoms with Crippen LogP contribution in [0.15, 0.2) is 109 Å². The maximum Gasteiger partial charge on any atom is 0.261 e. The zero-order valence-electron chi connectivity index (χ0n) is 36.3. The smallest absolute Gasteiger partial charge is 0.261 e. The second-order valence-electron chi connectivity index (χ2n) is 18.9. The molecule has 6 atom stereocenters. The first-order valence-electron chi connectivity index (χ1n) is 22.1. The topological polar surface area (TPSA) is 77.1 Å². The summed E-state index contributed by atoms with van der Waals surface area (Å²) in [5, 5.41) is 3.11. The van der Waals surface area contributed by atoms with E-state index >= 15 is 0 Å². The Morgan fingerprint density at radius 2 is 1.74 bits per heavy atom. The van der Waals surface area contributed by atoms with Crippen molar-refractivity contribution < 1.29 is 23.5 Å². The molecule has 0 unspecified atom stereocenters. The van der Waals surface area contributed by atoms with Crippen molar-refractivity contribution in [2.75, 3.05) is 38.3 Å². The first-order chi connectivity index (χ1) is 29.4. The first-order valence-corrected chi connectivity index (χ1v) is 25.3. The lowest BCUT2D eigenvalue weighted by Crippen LogP contribution is -2.66. The number of fused-ring (bicyclic) bond motifs is 4. The third kappa shape index (κ3) is 8.50. The van der Waals surface area contributed by atoms with Crippen LogP contribution in [-0.4, -0.2) is 64.8 Å². The highest BCUT2D eigenvalue weighted by atomic mass is 35.5. The summed E-state index contributed by atoms with van der Waals surface area (Å²) >= 11 is 8.01. The number of methoxy groups -OCH3 is 1. The summed E-state index contributed by atoms with van der Waals surface area (Å²) in [7, 11) is -1.09. The molecule has 4 aromatic carbocycles. The first kappa shape index (κ1) is 43.8. The van der Waals surface area contributed by atoms with Crippen molar-refractivity contribution in [1.82, 2.24) is 4.72 Å². The maximum absolute atomic E-state index is 14.3. The van der Waals surface area contributed by atoms with Crippen LogP contribution in [0.5, 0.6) is 5.75 Å². The Hall–Kier alpha value is -3.86. The van der Waals surface area contributed by atoms with Crippen LogP contribution in [0.2, 0.25) is 10.1 Å². The monoisotopic (exact) mass is 876 g/mol. The molecule has 1 N–H and O–H groups in total. The Balaban J connectivity index is 1.12.